The smallest absolute Gasteiger partial charge is 0.266 e. The summed E-state index contributed by atoms with van der Waals surface area (Å²) in [5.74, 6) is -4.59. The van der Waals surface area contributed by atoms with Crippen molar-refractivity contribution >= 4 is 92.8 Å². The fourth-order valence-corrected chi connectivity index (χ4v) is 7.54. The van der Waals surface area contributed by atoms with E-state index >= 15 is 0 Å². The van der Waals surface area contributed by atoms with Gasteiger partial charge in [-0.1, -0.05) is 82.8 Å². The molecule has 0 aromatic heterocycles. The Hall–Kier alpha value is -4.16. The average Bonchev–Trinajstić information content (AvgIpc) is 3.80. The second kappa shape index (κ2) is 11.8. The molecule has 10 nitrogen and oxygen atoms in total. The number of rotatable bonds is 5. The summed E-state index contributed by atoms with van der Waals surface area (Å²) in [6.45, 7) is 0. The summed E-state index contributed by atoms with van der Waals surface area (Å²) in [5.41, 5.74) is 1.52. The third-order valence-corrected chi connectivity index (χ3v) is 10.5. The Balaban J connectivity index is 1.27. The van der Waals surface area contributed by atoms with Crippen LogP contribution in [-0.4, -0.2) is 47.9 Å². The van der Waals surface area contributed by atoms with Crippen molar-refractivity contribution in [2.24, 2.45) is 11.8 Å². The highest BCUT2D eigenvalue weighted by Gasteiger charge is 2.69. The fourth-order valence-electron chi connectivity index (χ4n) is 6.96. The molecule has 4 amide bonds. The molecule has 4 aliphatic rings. The van der Waals surface area contributed by atoms with Gasteiger partial charge in [-0.15, -0.1) is 0 Å². The molecule has 4 fully saturated rings. The molecule has 0 N–H and O–H groups in total. The van der Waals surface area contributed by atoms with Crippen LogP contribution in [0, 0.1) is 11.8 Å². The van der Waals surface area contributed by atoms with Crippen LogP contribution in [-0.2, 0) is 28.9 Å². The van der Waals surface area contributed by atoms with Crippen LogP contribution >= 0.6 is 46.4 Å². The van der Waals surface area contributed by atoms with Gasteiger partial charge in [0.25, 0.3) is 11.8 Å². The summed E-state index contributed by atoms with van der Waals surface area (Å²) in [4.78, 5) is 71.7. The molecule has 48 heavy (non-hydrogen) atoms. The van der Waals surface area contributed by atoms with E-state index in [-0.39, 0.29) is 31.5 Å². The minimum Gasteiger partial charge on any atom is -0.273 e. The zero-order valence-electron chi connectivity index (χ0n) is 24.5. The molecule has 0 saturated carbocycles. The first-order valence-electron chi connectivity index (χ1n) is 14.8. The lowest BCUT2D eigenvalue weighted by atomic mass is 9.82. The van der Waals surface area contributed by atoms with E-state index in [1.807, 2.05) is 12.1 Å². The van der Waals surface area contributed by atoms with Crippen LogP contribution in [0.4, 0.5) is 22.7 Å². The monoisotopic (exact) mass is 722 g/mol. The Morgan fingerprint density at radius 1 is 0.438 bits per heavy atom. The second-order valence-electron chi connectivity index (χ2n) is 11.6. The van der Waals surface area contributed by atoms with Crippen LogP contribution in [0.3, 0.4) is 0 Å². The predicted octanol–water partition coefficient (Wildman–Crippen LogP) is 6.36. The first kappa shape index (κ1) is 31.1. The molecule has 0 radical (unpaired) electrons. The van der Waals surface area contributed by atoms with Gasteiger partial charge < -0.3 is 0 Å². The molecule has 6 unspecified atom stereocenters. The van der Waals surface area contributed by atoms with Crippen molar-refractivity contribution in [2.45, 2.75) is 24.3 Å². The Kier molecular flexibility index (Phi) is 7.63. The maximum atomic E-state index is 14.4. The third-order valence-electron chi connectivity index (χ3n) is 9.02. The lowest BCUT2D eigenvalue weighted by Gasteiger charge is -2.37. The second-order valence-corrected chi connectivity index (χ2v) is 13.3. The average molecular weight is 724 g/mol. The van der Waals surface area contributed by atoms with E-state index in [1.165, 1.54) is 46.5 Å². The van der Waals surface area contributed by atoms with Gasteiger partial charge >= 0.3 is 0 Å². The Morgan fingerprint density at radius 2 is 0.812 bits per heavy atom. The number of carbonyl (C=O) groups is 4. The number of para-hydroxylation sites is 2. The van der Waals surface area contributed by atoms with Crippen LogP contribution in [0.2, 0.25) is 20.1 Å². The molecule has 0 spiro atoms. The van der Waals surface area contributed by atoms with Gasteiger partial charge in [0.15, 0.2) is 12.2 Å². The first-order valence-corrected chi connectivity index (χ1v) is 16.3. The molecular weight excluding hydrogens is 702 g/mol. The maximum absolute atomic E-state index is 14.4. The van der Waals surface area contributed by atoms with Crippen LogP contribution in [0.25, 0.3) is 0 Å². The van der Waals surface area contributed by atoms with E-state index in [0.29, 0.717) is 11.4 Å². The molecule has 4 aromatic carbocycles. The van der Waals surface area contributed by atoms with E-state index in [4.69, 9.17) is 56.1 Å². The summed E-state index contributed by atoms with van der Waals surface area (Å²) in [7, 11) is 0. The van der Waals surface area contributed by atoms with E-state index in [0.717, 1.165) is 9.80 Å². The van der Waals surface area contributed by atoms with Gasteiger partial charge in [0.1, 0.15) is 11.8 Å². The van der Waals surface area contributed by atoms with E-state index < -0.39 is 59.8 Å². The zero-order valence-corrected chi connectivity index (χ0v) is 27.5. The number of hydrogen-bond acceptors (Lipinski definition) is 8. The van der Waals surface area contributed by atoms with E-state index in [9.17, 15) is 19.2 Å². The highest BCUT2D eigenvalue weighted by Crippen LogP contribution is 2.50. The largest absolute Gasteiger partial charge is 0.273 e. The van der Waals surface area contributed by atoms with Crippen LogP contribution in [0.5, 0.6) is 0 Å². The Morgan fingerprint density at radius 3 is 1.17 bits per heavy atom. The summed E-state index contributed by atoms with van der Waals surface area (Å²) in [6, 6.07) is 24.8. The van der Waals surface area contributed by atoms with Crippen LogP contribution < -0.4 is 19.9 Å². The first-order chi connectivity index (χ1) is 23.2. The van der Waals surface area contributed by atoms with Gasteiger partial charge in [-0.2, -0.15) is 0 Å². The number of carbonyl (C=O) groups excluding carboxylic acids is 4. The quantitative estimate of drug-likeness (QED) is 0.220. The van der Waals surface area contributed by atoms with Crippen molar-refractivity contribution in [1.29, 1.82) is 0 Å². The normalized spacial score (nSPS) is 26.6. The summed E-state index contributed by atoms with van der Waals surface area (Å²) >= 11 is 24.8. The number of halogens is 4. The number of fused-ring (bicyclic) bond motifs is 2. The molecule has 6 atom stereocenters. The van der Waals surface area contributed by atoms with Crippen molar-refractivity contribution in [1.82, 2.24) is 0 Å². The number of hydroxylamine groups is 2. The molecule has 0 bridgehead atoms. The van der Waals surface area contributed by atoms with E-state index in [2.05, 4.69) is 0 Å². The maximum Gasteiger partial charge on any atom is 0.266 e. The molecular formula is C34H22Cl4N4O6. The lowest BCUT2D eigenvalue weighted by Crippen LogP contribution is -2.55. The van der Waals surface area contributed by atoms with Gasteiger partial charge in [-0.3, -0.25) is 28.9 Å². The molecule has 0 aliphatic carbocycles. The Bertz CT molecular complexity index is 1860. The van der Waals surface area contributed by atoms with Crippen molar-refractivity contribution in [2.75, 3.05) is 19.9 Å². The fraction of sp³-hybridized carbons (Fsp3) is 0.176. The number of benzene rings is 4. The molecule has 4 saturated heterocycles. The van der Waals surface area contributed by atoms with Crippen LogP contribution in [0.1, 0.15) is 0 Å². The topological polar surface area (TPSA) is 99.7 Å². The number of hydrogen-bond donors (Lipinski definition) is 0. The van der Waals surface area contributed by atoms with Crippen molar-refractivity contribution in [3.63, 3.8) is 0 Å². The zero-order chi connectivity index (χ0) is 33.4. The Labute approximate surface area is 293 Å². The highest BCUT2D eigenvalue weighted by molar-refractivity contribution is 6.43. The summed E-state index contributed by atoms with van der Waals surface area (Å²) in [6.07, 6.45) is -2.51. The molecule has 8 rings (SSSR count). The van der Waals surface area contributed by atoms with Gasteiger partial charge in [-0.05, 0) is 60.7 Å². The van der Waals surface area contributed by atoms with Gasteiger partial charge in [0, 0.05) is 0 Å². The molecule has 14 heteroatoms. The molecule has 4 aliphatic heterocycles. The van der Waals surface area contributed by atoms with Gasteiger partial charge in [-0.25, -0.2) is 19.9 Å². The van der Waals surface area contributed by atoms with Crippen molar-refractivity contribution < 1.29 is 28.9 Å². The number of imide groups is 2. The minimum atomic E-state index is -1.26. The minimum absolute atomic E-state index is 0.162. The highest BCUT2D eigenvalue weighted by atomic mass is 35.5. The molecule has 4 heterocycles. The number of nitrogens with zero attached hydrogens (tertiary/aromatic N) is 4. The van der Waals surface area contributed by atoms with E-state index in [1.54, 1.807) is 48.5 Å². The SMILES string of the molecule is O=C1C2ON(c3ccccc3)C(C3C4C(=O)N(c5ccc(Cl)c(Cl)c5)C(=O)C4ON3c3ccccc3)C2C(=O)N1c1ccc(Cl)c(Cl)c1. The van der Waals surface area contributed by atoms with Crippen LogP contribution in [0.15, 0.2) is 97.1 Å². The van der Waals surface area contributed by atoms with Gasteiger partial charge in [0.05, 0.1) is 54.9 Å². The number of anilines is 4. The predicted molar refractivity (Wildman–Crippen MR) is 180 cm³/mol. The third kappa shape index (κ3) is 4.70. The molecule has 242 valence electrons. The molecule has 4 aromatic rings. The van der Waals surface area contributed by atoms with Gasteiger partial charge in [0.2, 0.25) is 11.8 Å². The number of amides is 4. The van der Waals surface area contributed by atoms with Crippen molar-refractivity contribution in [3.05, 3.63) is 117 Å². The van der Waals surface area contributed by atoms with Crippen molar-refractivity contribution in [3.8, 4) is 0 Å². The lowest BCUT2D eigenvalue weighted by molar-refractivity contribution is -0.128. The standard InChI is InChI=1S/C34H22Cl4N4O6/c35-21-13-11-19(15-23(21)37)39-31(43)25-27(41(47-29(25)33(39)45)17-7-3-1-4-8-17)28-26-30(48-42(28)18-9-5-2-6-10-18)34(46)40(32(26)44)20-12-14-22(36)24(38)16-20/h1-16,25-30H. The summed E-state index contributed by atoms with van der Waals surface area (Å²) in [5, 5.41) is 3.82. The summed E-state index contributed by atoms with van der Waals surface area (Å²) < 4.78 is 0.